The zero-order valence-corrected chi connectivity index (χ0v) is 15.2. The Bertz CT molecular complexity index is 755. The Morgan fingerprint density at radius 3 is 2.88 bits per heavy atom. The third kappa shape index (κ3) is 4.42. The Morgan fingerprint density at radius 1 is 1.42 bits per heavy atom. The molecule has 2 heterocycles. The first-order valence-corrected chi connectivity index (χ1v) is 9.45. The lowest BCUT2D eigenvalue weighted by atomic mass is 9.86. The highest BCUT2D eigenvalue weighted by molar-refractivity contribution is 5.67. The molecule has 0 radical (unpaired) electrons. The van der Waals surface area contributed by atoms with E-state index in [0.717, 1.165) is 18.5 Å². The zero-order valence-electron chi connectivity index (χ0n) is 15.2. The predicted molar refractivity (Wildman–Crippen MR) is 97.1 cm³/mol. The molecule has 1 saturated carbocycles. The second-order valence-corrected chi connectivity index (χ2v) is 7.10. The molecule has 0 saturated heterocycles. The van der Waals surface area contributed by atoms with Crippen molar-refractivity contribution in [3.63, 3.8) is 0 Å². The lowest BCUT2D eigenvalue weighted by Crippen LogP contribution is -2.22. The normalized spacial score (nSPS) is 16.7. The number of ether oxygens (including phenoxy) is 1. The molecule has 0 aromatic carbocycles. The number of nitrogens with two attached hydrogens (primary N) is 1. The van der Waals surface area contributed by atoms with E-state index >= 15 is 0 Å². The van der Waals surface area contributed by atoms with E-state index in [2.05, 4.69) is 15.1 Å². The molecule has 0 amide bonds. The van der Waals surface area contributed by atoms with Crippen LogP contribution in [0.2, 0.25) is 0 Å². The highest BCUT2D eigenvalue weighted by atomic mass is 16.5. The van der Waals surface area contributed by atoms with Crippen LogP contribution in [0.15, 0.2) is 6.20 Å². The largest absolute Gasteiger partial charge is 0.481 e. The van der Waals surface area contributed by atoms with Crippen LogP contribution in [0.5, 0.6) is 6.01 Å². The molecule has 3 N–H and O–H groups in total. The van der Waals surface area contributed by atoms with Crippen LogP contribution in [0.1, 0.15) is 64.0 Å². The van der Waals surface area contributed by atoms with E-state index < -0.39 is 12.1 Å². The van der Waals surface area contributed by atoms with Crippen molar-refractivity contribution in [1.82, 2.24) is 19.6 Å². The van der Waals surface area contributed by atoms with E-state index in [1.165, 1.54) is 32.1 Å². The van der Waals surface area contributed by atoms with Gasteiger partial charge in [-0.25, -0.2) is 9.50 Å². The van der Waals surface area contributed by atoms with Crippen LogP contribution < -0.4 is 10.5 Å². The van der Waals surface area contributed by atoms with Crippen LogP contribution >= 0.6 is 0 Å². The molecule has 8 heteroatoms. The Morgan fingerprint density at radius 2 is 2.19 bits per heavy atom. The molecule has 1 aliphatic carbocycles. The van der Waals surface area contributed by atoms with E-state index in [1.807, 2.05) is 6.92 Å². The minimum absolute atomic E-state index is 0.0893. The maximum Gasteiger partial charge on any atom is 0.336 e. The van der Waals surface area contributed by atoms with Gasteiger partial charge in [-0.15, -0.1) is 5.10 Å². The SMILES string of the molecule is CCCC(CC(=O)O)Oc1nc(N)c2ncc(CC3CCCCC3)n2n1. The molecule has 2 aromatic heterocycles. The Hall–Kier alpha value is -2.38. The smallest absolute Gasteiger partial charge is 0.336 e. The molecule has 26 heavy (non-hydrogen) atoms. The van der Waals surface area contributed by atoms with Crippen LogP contribution in [0.3, 0.4) is 0 Å². The molecular weight excluding hydrogens is 334 g/mol. The molecular formula is C18H27N5O3. The number of carboxylic acids is 1. The van der Waals surface area contributed by atoms with E-state index in [0.29, 0.717) is 18.0 Å². The van der Waals surface area contributed by atoms with Gasteiger partial charge in [-0.05, 0) is 18.8 Å². The Labute approximate surface area is 152 Å². The molecule has 1 unspecified atom stereocenters. The van der Waals surface area contributed by atoms with Gasteiger partial charge >= 0.3 is 12.0 Å². The summed E-state index contributed by atoms with van der Waals surface area (Å²) in [5, 5.41) is 13.5. The fourth-order valence-electron chi connectivity index (χ4n) is 3.67. The fourth-order valence-corrected chi connectivity index (χ4v) is 3.67. The molecule has 1 aliphatic rings. The summed E-state index contributed by atoms with van der Waals surface area (Å²) in [4.78, 5) is 19.5. The van der Waals surface area contributed by atoms with Gasteiger partial charge in [0.05, 0.1) is 18.3 Å². The molecule has 1 fully saturated rings. The highest BCUT2D eigenvalue weighted by Gasteiger charge is 2.20. The number of aliphatic carboxylic acids is 1. The Kier molecular flexibility index (Phi) is 5.90. The van der Waals surface area contributed by atoms with Crippen molar-refractivity contribution in [3.05, 3.63) is 11.9 Å². The van der Waals surface area contributed by atoms with E-state index in [9.17, 15) is 4.79 Å². The second-order valence-electron chi connectivity index (χ2n) is 7.10. The van der Waals surface area contributed by atoms with Crippen LogP contribution in [0, 0.1) is 5.92 Å². The van der Waals surface area contributed by atoms with Crippen LogP contribution in [-0.4, -0.2) is 36.8 Å². The van der Waals surface area contributed by atoms with Gasteiger partial charge in [0.15, 0.2) is 11.5 Å². The molecule has 8 nitrogen and oxygen atoms in total. The summed E-state index contributed by atoms with van der Waals surface area (Å²) in [6, 6.07) is 0.109. The highest BCUT2D eigenvalue weighted by Crippen LogP contribution is 2.27. The van der Waals surface area contributed by atoms with Gasteiger partial charge in [0, 0.05) is 0 Å². The van der Waals surface area contributed by atoms with Gasteiger partial charge in [-0.2, -0.15) is 4.98 Å². The first-order chi connectivity index (χ1) is 12.6. The van der Waals surface area contributed by atoms with E-state index in [-0.39, 0.29) is 18.2 Å². The van der Waals surface area contributed by atoms with Gasteiger partial charge in [0.25, 0.3) is 0 Å². The molecule has 142 valence electrons. The monoisotopic (exact) mass is 361 g/mol. The molecule has 1 atom stereocenters. The van der Waals surface area contributed by atoms with Crippen molar-refractivity contribution in [2.24, 2.45) is 5.92 Å². The standard InChI is InChI=1S/C18H27N5O3/c1-2-6-14(10-15(24)25)26-18-21-16(19)17-20-11-13(23(17)22-18)9-12-7-4-3-5-8-12/h11-12,14H,2-10H2,1H3,(H,24,25)(H2,19,21,22). The molecule has 0 spiro atoms. The molecule has 0 aliphatic heterocycles. The first kappa shape index (κ1) is 18.4. The average Bonchev–Trinajstić information content (AvgIpc) is 2.99. The molecule has 2 aromatic rings. The summed E-state index contributed by atoms with van der Waals surface area (Å²) in [7, 11) is 0. The number of carbonyl (C=O) groups is 1. The molecule has 0 bridgehead atoms. The van der Waals surface area contributed by atoms with Gasteiger partial charge in [-0.3, -0.25) is 4.79 Å². The number of hydrogen-bond donors (Lipinski definition) is 2. The summed E-state index contributed by atoms with van der Waals surface area (Å²) in [5.41, 5.74) is 7.54. The third-order valence-electron chi connectivity index (χ3n) is 4.95. The van der Waals surface area contributed by atoms with E-state index in [1.54, 1.807) is 10.7 Å². The van der Waals surface area contributed by atoms with E-state index in [4.69, 9.17) is 15.6 Å². The van der Waals surface area contributed by atoms with Crippen LogP contribution in [0.25, 0.3) is 5.65 Å². The van der Waals surface area contributed by atoms with Crippen molar-refractivity contribution in [2.45, 2.75) is 70.8 Å². The lowest BCUT2D eigenvalue weighted by Gasteiger charge is -2.21. The summed E-state index contributed by atoms with van der Waals surface area (Å²) in [6.07, 6.45) is 9.92. The lowest BCUT2D eigenvalue weighted by molar-refractivity contribution is -0.138. The van der Waals surface area contributed by atoms with Crippen molar-refractivity contribution in [3.8, 4) is 6.01 Å². The predicted octanol–water partition coefficient (Wildman–Crippen LogP) is 2.85. The number of aromatic nitrogens is 4. The topological polar surface area (TPSA) is 116 Å². The van der Waals surface area contributed by atoms with Crippen LogP contribution in [-0.2, 0) is 11.2 Å². The van der Waals surface area contributed by atoms with Gasteiger partial charge in [-0.1, -0.05) is 45.4 Å². The number of fused-ring (bicyclic) bond motifs is 1. The Balaban J connectivity index is 1.82. The number of nitrogen functional groups attached to an aromatic ring is 1. The molecule has 3 rings (SSSR count). The fraction of sp³-hybridized carbons (Fsp3) is 0.667. The summed E-state index contributed by atoms with van der Waals surface area (Å²) in [5.74, 6) is -0.0161. The average molecular weight is 361 g/mol. The summed E-state index contributed by atoms with van der Waals surface area (Å²) in [6.45, 7) is 1.98. The number of hydrogen-bond acceptors (Lipinski definition) is 6. The number of nitrogens with zero attached hydrogens (tertiary/aromatic N) is 4. The van der Waals surface area contributed by atoms with Crippen molar-refractivity contribution in [2.75, 3.05) is 5.73 Å². The van der Waals surface area contributed by atoms with Crippen LogP contribution in [0.4, 0.5) is 5.82 Å². The summed E-state index contributed by atoms with van der Waals surface area (Å²) >= 11 is 0. The van der Waals surface area contributed by atoms with Crippen molar-refractivity contribution < 1.29 is 14.6 Å². The van der Waals surface area contributed by atoms with Gasteiger partial charge < -0.3 is 15.6 Å². The minimum Gasteiger partial charge on any atom is -0.481 e. The minimum atomic E-state index is -0.905. The number of imidazole rings is 1. The first-order valence-electron chi connectivity index (χ1n) is 9.45. The second kappa shape index (κ2) is 8.33. The quantitative estimate of drug-likeness (QED) is 0.742. The van der Waals surface area contributed by atoms with Gasteiger partial charge in [0.1, 0.15) is 6.10 Å². The maximum atomic E-state index is 11.0. The number of rotatable bonds is 8. The number of carboxylic acid groups (broad SMARTS) is 1. The van der Waals surface area contributed by atoms with Crippen molar-refractivity contribution in [1.29, 1.82) is 0 Å². The number of anilines is 1. The van der Waals surface area contributed by atoms with Gasteiger partial charge in [0.2, 0.25) is 0 Å². The maximum absolute atomic E-state index is 11.0. The van der Waals surface area contributed by atoms with Crippen molar-refractivity contribution >= 4 is 17.4 Å². The zero-order chi connectivity index (χ0) is 18.5. The third-order valence-corrected chi connectivity index (χ3v) is 4.95. The summed E-state index contributed by atoms with van der Waals surface area (Å²) < 4.78 is 7.44.